The van der Waals surface area contributed by atoms with Crippen molar-refractivity contribution in [3.8, 4) is 0 Å². The van der Waals surface area contributed by atoms with Crippen LogP contribution in [-0.2, 0) is 23.5 Å². The molecule has 0 aromatic carbocycles. The van der Waals surface area contributed by atoms with Gasteiger partial charge in [-0.15, -0.1) is 6.58 Å². The van der Waals surface area contributed by atoms with Gasteiger partial charge < -0.3 is 13.9 Å². The number of hydrogen-bond acceptors (Lipinski definition) is 5. The van der Waals surface area contributed by atoms with Crippen molar-refractivity contribution in [2.24, 2.45) is 28.6 Å². The third kappa shape index (κ3) is 5.32. The van der Waals surface area contributed by atoms with E-state index in [2.05, 4.69) is 61.2 Å². The summed E-state index contributed by atoms with van der Waals surface area (Å²) >= 11 is 0. The van der Waals surface area contributed by atoms with Crippen LogP contribution in [0, 0.1) is 28.6 Å². The van der Waals surface area contributed by atoms with Gasteiger partial charge in [0.25, 0.3) is 0 Å². The molecule has 0 spiro atoms. The highest BCUT2D eigenvalue weighted by Crippen LogP contribution is 2.58. The van der Waals surface area contributed by atoms with Crippen molar-refractivity contribution in [2.75, 3.05) is 13.7 Å². The largest absolute Gasteiger partial charge is 0.469 e. The zero-order chi connectivity index (χ0) is 24.5. The van der Waals surface area contributed by atoms with Crippen molar-refractivity contribution >= 4 is 20.3 Å². The second-order valence-electron chi connectivity index (χ2n) is 12.2. The van der Waals surface area contributed by atoms with Gasteiger partial charge in [-0.3, -0.25) is 9.59 Å². The number of hydrogen-bond donors (Lipinski definition) is 0. The van der Waals surface area contributed by atoms with E-state index >= 15 is 0 Å². The maximum Gasteiger partial charge on any atom is 0.310 e. The van der Waals surface area contributed by atoms with E-state index in [9.17, 15) is 9.59 Å². The van der Waals surface area contributed by atoms with E-state index in [1.807, 2.05) is 6.08 Å². The van der Waals surface area contributed by atoms with Crippen LogP contribution in [0.25, 0.3) is 0 Å². The van der Waals surface area contributed by atoms with Gasteiger partial charge in [0, 0.05) is 23.9 Å². The number of fused-ring (bicyclic) bond motifs is 1. The summed E-state index contributed by atoms with van der Waals surface area (Å²) in [6.45, 7) is 22.6. The van der Waals surface area contributed by atoms with Gasteiger partial charge in [0.2, 0.25) is 0 Å². The van der Waals surface area contributed by atoms with Crippen LogP contribution in [-0.4, -0.2) is 40.1 Å². The van der Waals surface area contributed by atoms with E-state index in [1.54, 1.807) is 0 Å². The third-order valence-corrected chi connectivity index (χ3v) is 13.5. The molecule has 0 aromatic rings. The molecule has 0 N–H and O–H groups in total. The number of cyclic esters (lactones) is 1. The zero-order valence-electron chi connectivity index (χ0n) is 21.9. The second kappa shape index (κ2) is 9.61. The molecule has 32 heavy (non-hydrogen) atoms. The van der Waals surface area contributed by atoms with Crippen LogP contribution in [0.3, 0.4) is 0 Å². The summed E-state index contributed by atoms with van der Waals surface area (Å²) in [5, 5.41) is 0.136. The van der Waals surface area contributed by atoms with E-state index in [0.717, 1.165) is 12.8 Å². The van der Waals surface area contributed by atoms with Crippen LogP contribution < -0.4 is 0 Å². The zero-order valence-corrected chi connectivity index (χ0v) is 22.9. The molecular formula is C26H46O5Si. The monoisotopic (exact) mass is 466 g/mol. The molecule has 0 radical (unpaired) electrons. The molecular weight excluding hydrogens is 420 g/mol. The van der Waals surface area contributed by atoms with E-state index in [1.165, 1.54) is 7.11 Å². The van der Waals surface area contributed by atoms with Gasteiger partial charge in [0.15, 0.2) is 8.32 Å². The molecule has 0 aromatic heterocycles. The number of esters is 2. The van der Waals surface area contributed by atoms with Crippen LogP contribution in [0.4, 0.5) is 0 Å². The number of carbonyl (C=O) groups is 2. The molecule has 6 heteroatoms. The van der Waals surface area contributed by atoms with Gasteiger partial charge >= 0.3 is 11.9 Å². The van der Waals surface area contributed by atoms with Crippen molar-refractivity contribution in [2.45, 2.75) is 97.9 Å². The Hall–Kier alpha value is -1.14. The molecule has 1 saturated carbocycles. The highest BCUT2D eigenvalue weighted by Gasteiger charge is 2.61. The molecule has 2 rings (SSSR count). The van der Waals surface area contributed by atoms with E-state index in [-0.39, 0.29) is 45.7 Å². The Morgan fingerprint density at radius 3 is 2.44 bits per heavy atom. The fourth-order valence-corrected chi connectivity index (χ4v) is 6.35. The van der Waals surface area contributed by atoms with Crippen LogP contribution in [0.5, 0.6) is 0 Å². The van der Waals surface area contributed by atoms with E-state index in [0.29, 0.717) is 31.8 Å². The SMILES string of the molecule is C=C[C@@](C)(CO[Si](C)(C)C(C)(C)C)C[C@H]1OC(=O)[C@H]2[C@H](CCC(=O)OC)CC[C@@H](C)[C@@]12C. The minimum Gasteiger partial charge on any atom is -0.469 e. The van der Waals surface area contributed by atoms with Gasteiger partial charge in [-0.1, -0.05) is 47.6 Å². The molecule has 0 amide bonds. The number of ether oxygens (including phenoxy) is 2. The predicted octanol–water partition coefficient (Wildman–Crippen LogP) is 6.14. The fourth-order valence-electron chi connectivity index (χ4n) is 5.23. The van der Waals surface area contributed by atoms with Gasteiger partial charge in [-0.05, 0) is 55.7 Å². The summed E-state index contributed by atoms with van der Waals surface area (Å²) in [5.74, 6) is 0.0437. The standard InChI is InChI=1S/C26H46O5Si/c1-11-25(6,17-30-32(9,10)24(3,4)5)16-20-26(7)18(2)12-13-19(14-15-21(27)29-8)22(26)23(28)31-20/h11,18-20,22H,1,12-17H2,2-10H3/t18-,19+,20-,22-,25-,26+/m1/s1. The van der Waals surface area contributed by atoms with Crippen LogP contribution >= 0.6 is 0 Å². The normalized spacial score (nSPS) is 32.6. The van der Waals surface area contributed by atoms with Crippen LogP contribution in [0.1, 0.15) is 73.6 Å². The first-order valence-corrected chi connectivity index (χ1v) is 15.1. The lowest BCUT2D eigenvalue weighted by Crippen LogP contribution is -2.48. The quantitative estimate of drug-likeness (QED) is 0.232. The first kappa shape index (κ1) is 27.1. The molecule has 2 fully saturated rings. The lowest BCUT2D eigenvalue weighted by atomic mass is 9.55. The van der Waals surface area contributed by atoms with Crippen molar-refractivity contribution in [1.82, 2.24) is 0 Å². The molecule has 0 bridgehead atoms. The smallest absolute Gasteiger partial charge is 0.310 e. The van der Waals surface area contributed by atoms with Crippen LogP contribution in [0.15, 0.2) is 12.7 Å². The Labute approximate surface area is 196 Å². The van der Waals surface area contributed by atoms with Crippen molar-refractivity contribution in [3.05, 3.63) is 12.7 Å². The summed E-state index contributed by atoms with van der Waals surface area (Å²) in [4.78, 5) is 24.9. The maximum atomic E-state index is 13.1. The van der Waals surface area contributed by atoms with Crippen molar-refractivity contribution < 1.29 is 23.5 Å². The van der Waals surface area contributed by atoms with E-state index < -0.39 is 8.32 Å². The molecule has 1 aliphatic heterocycles. The Kier molecular flexibility index (Phi) is 8.14. The third-order valence-electron chi connectivity index (χ3n) is 9.04. The number of carbonyl (C=O) groups excluding carboxylic acids is 2. The first-order valence-electron chi connectivity index (χ1n) is 12.2. The molecule has 184 valence electrons. The van der Waals surface area contributed by atoms with E-state index in [4.69, 9.17) is 13.9 Å². The lowest BCUT2D eigenvalue weighted by Gasteiger charge is -2.47. The minimum absolute atomic E-state index is 0.101. The molecule has 0 unspecified atom stereocenters. The Morgan fingerprint density at radius 2 is 1.91 bits per heavy atom. The maximum absolute atomic E-state index is 13.1. The van der Waals surface area contributed by atoms with Crippen molar-refractivity contribution in [3.63, 3.8) is 0 Å². The van der Waals surface area contributed by atoms with Gasteiger partial charge in [0.1, 0.15) is 6.10 Å². The summed E-state index contributed by atoms with van der Waals surface area (Å²) in [7, 11) is -0.489. The first-order chi connectivity index (χ1) is 14.6. The molecule has 1 saturated heterocycles. The number of rotatable bonds is 9. The van der Waals surface area contributed by atoms with Gasteiger partial charge in [-0.25, -0.2) is 0 Å². The lowest BCUT2D eigenvalue weighted by molar-refractivity contribution is -0.147. The molecule has 5 nitrogen and oxygen atoms in total. The Balaban J connectivity index is 2.21. The molecule has 2 aliphatic rings. The fraction of sp³-hybridized carbons (Fsp3) is 0.846. The van der Waals surface area contributed by atoms with Crippen molar-refractivity contribution in [1.29, 1.82) is 0 Å². The Bertz CT molecular complexity index is 711. The number of methoxy groups -OCH3 is 1. The van der Waals surface area contributed by atoms with Crippen LogP contribution in [0.2, 0.25) is 18.1 Å². The molecule has 1 heterocycles. The average molecular weight is 467 g/mol. The summed E-state index contributed by atoms with van der Waals surface area (Å²) in [6, 6.07) is 0. The highest BCUT2D eigenvalue weighted by atomic mass is 28.4. The Morgan fingerprint density at radius 1 is 1.28 bits per heavy atom. The summed E-state index contributed by atoms with van der Waals surface area (Å²) in [6.07, 6.45) is 5.52. The summed E-state index contributed by atoms with van der Waals surface area (Å²) in [5.41, 5.74) is -0.533. The van der Waals surface area contributed by atoms with Gasteiger partial charge in [0.05, 0.1) is 13.0 Å². The van der Waals surface area contributed by atoms with Gasteiger partial charge in [-0.2, -0.15) is 0 Å². The molecule has 6 atom stereocenters. The second-order valence-corrected chi connectivity index (χ2v) is 17.0. The molecule has 1 aliphatic carbocycles. The highest BCUT2D eigenvalue weighted by molar-refractivity contribution is 6.74. The predicted molar refractivity (Wildman–Crippen MR) is 131 cm³/mol. The average Bonchev–Trinajstić information content (AvgIpc) is 2.96. The topological polar surface area (TPSA) is 61.8 Å². The minimum atomic E-state index is -1.90. The summed E-state index contributed by atoms with van der Waals surface area (Å²) < 4.78 is 17.5.